The molecule has 1 fully saturated rings. The van der Waals surface area contributed by atoms with E-state index in [1.54, 1.807) is 19.5 Å². The van der Waals surface area contributed by atoms with Crippen molar-refractivity contribution in [1.82, 2.24) is 30.4 Å². The van der Waals surface area contributed by atoms with E-state index >= 15 is 0 Å². The van der Waals surface area contributed by atoms with E-state index < -0.39 is 5.97 Å². The smallest absolute Gasteiger partial charge is 0.303 e. The van der Waals surface area contributed by atoms with Gasteiger partial charge in [-0.15, -0.1) is 0 Å². The van der Waals surface area contributed by atoms with Crippen molar-refractivity contribution in [3.05, 3.63) is 59.7 Å². The lowest BCUT2D eigenvalue weighted by atomic mass is 9.86. The largest absolute Gasteiger partial charge is 0.497 e. The van der Waals surface area contributed by atoms with Crippen LogP contribution < -0.4 is 15.4 Å². The number of aromatic nitrogens is 4. The Labute approximate surface area is 227 Å². The van der Waals surface area contributed by atoms with Gasteiger partial charge in [0.05, 0.1) is 7.11 Å². The van der Waals surface area contributed by atoms with Crippen LogP contribution >= 0.6 is 0 Å². The van der Waals surface area contributed by atoms with Gasteiger partial charge in [0.25, 0.3) is 11.8 Å². The Bertz CT molecular complexity index is 1320. The molecule has 2 heterocycles. The third kappa shape index (κ3) is 8.10. The van der Waals surface area contributed by atoms with Crippen LogP contribution in [0.5, 0.6) is 5.75 Å². The van der Waals surface area contributed by atoms with Crippen LogP contribution in [0.2, 0.25) is 0 Å². The summed E-state index contributed by atoms with van der Waals surface area (Å²) in [6.07, 6.45) is 5.31. The van der Waals surface area contributed by atoms with Crippen molar-refractivity contribution in [1.29, 1.82) is 0 Å². The minimum Gasteiger partial charge on any atom is -0.497 e. The molecule has 0 saturated heterocycles. The number of carbonyl (C=O) groups excluding carboxylic acids is 3. The first-order valence-electron chi connectivity index (χ1n) is 13.0. The molecule has 0 unspecified atom stereocenters. The maximum Gasteiger partial charge on any atom is 0.303 e. The van der Waals surface area contributed by atoms with E-state index in [1.165, 1.54) is 6.92 Å². The molecule has 11 heteroatoms. The molecule has 1 aliphatic carbocycles. The number of hydrogen-bond acceptors (Lipinski definition) is 8. The monoisotopic (exact) mass is 534 g/mol. The van der Waals surface area contributed by atoms with Gasteiger partial charge in [0.1, 0.15) is 17.8 Å². The average Bonchev–Trinajstić information content (AvgIpc) is 3.40. The van der Waals surface area contributed by atoms with Gasteiger partial charge in [-0.3, -0.25) is 19.1 Å². The summed E-state index contributed by atoms with van der Waals surface area (Å²) in [6, 6.07) is 11.2. The molecular weight excluding hydrogens is 500 g/mol. The molecule has 0 aliphatic heterocycles. The number of benzene rings is 1. The number of pyridine rings is 1. The third-order valence-electron chi connectivity index (χ3n) is 6.63. The SMILES string of the molecule is COc1cccc(CNC(=O)c2cc(-c3ncn(CC4CCC(NC(=O)COC(C)=O)CC4)n3)cc(C)n2)c1. The molecular formula is C28H34N6O5. The van der Waals surface area contributed by atoms with Gasteiger partial charge < -0.3 is 20.1 Å². The molecule has 1 aliphatic rings. The summed E-state index contributed by atoms with van der Waals surface area (Å²) in [5.41, 5.74) is 2.66. The Kier molecular flexibility index (Phi) is 9.24. The second kappa shape index (κ2) is 13.0. The lowest BCUT2D eigenvalue weighted by Crippen LogP contribution is -2.40. The zero-order chi connectivity index (χ0) is 27.8. The van der Waals surface area contributed by atoms with Gasteiger partial charge in [-0.25, -0.2) is 9.97 Å². The number of aryl methyl sites for hydroxylation is 1. The summed E-state index contributed by atoms with van der Waals surface area (Å²) in [5.74, 6) is 0.670. The van der Waals surface area contributed by atoms with Crippen LogP contribution in [0, 0.1) is 12.8 Å². The van der Waals surface area contributed by atoms with Gasteiger partial charge in [0.2, 0.25) is 0 Å². The van der Waals surface area contributed by atoms with Crippen LogP contribution in [0.15, 0.2) is 42.7 Å². The Morgan fingerprint density at radius 1 is 1.10 bits per heavy atom. The number of nitrogens with one attached hydrogen (secondary N) is 2. The van der Waals surface area contributed by atoms with Crippen molar-refractivity contribution in [2.45, 2.75) is 58.7 Å². The molecule has 1 saturated carbocycles. The maximum atomic E-state index is 12.8. The molecule has 206 valence electrons. The average molecular weight is 535 g/mol. The van der Waals surface area contributed by atoms with E-state index in [-0.39, 0.29) is 24.5 Å². The van der Waals surface area contributed by atoms with Crippen LogP contribution in [-0.2, 0) is 27.4 Å². The number of rotatable bonds is 10. The zero-order valence-electron chi connectivity index (χ0n) is 22.5. The quantitative estimate of drug-likeness (QED) is 0.379. The summed E-state index contributed by atoms with van der Waals surface area (Å²) in [4.78, 5) is 44.5. The normalized spacial score (nSPS) is 16.8. The molecule has 0 radical (unpaired) electrons. The number of carbonyl (C=O) groups is 3. The van der Waals surface area contributed by atoms with Crippen LogP contribution in [0.4, 0.5) is 0 Å². The van der Waals surface area contributed by atoms with E-state index in [9.17, 15) is 14.4 Å². The fourth-order valence-electron chi connectivity index (χ4n) is 4.67. The van der Waals surface area contributed by atoms with Crippen LogP contribution in [0.1, 0.15) is 54.4 Å². The van der Waals surface area contributed by atoms with E-state index in [1.807, 2.05) is 41.9 Å². The summed E-state index contributed by atoms with van der Waals surface area (Å²) < 4.78 is 11.8. The van der Waals surface area contributed by atoms with Crippen LogP contribution in [0.3, 0.4) is 0 Å². The Hall–Kier alpha value is -4.28. The lowest BCUT2D eigenvalue weighted by Gasteiger charge is -2.28. The Morgan fingerprint density at radius 2 is 1.90 bits per heavy atom. The number of esters is 1. The Morgan fingerprint density at radius 3 is 2.64 bits per heavy atom. The van der Waals surface area contributed by atoms with E-state index in [2.05, 4.69) is 25.7 Å². The standard InChI is InChI=1S/C28H34N6O5/c1-18-11-22(13-25(31-18)28(37)29-14-21-5-4-6-24(12-21)38-3)27-30-17-34(33-27)15-20-7-9-23(10-8-20)32-26(36)16-39-19(2)35/h4-6,11-13,17,20,23H,7-10,14-16H2,1-3H3,(H,29,37)(H,32,36). The van der Waals surface area contributed by atoms with E-state index in [0.29, 0.717) is 29.7 Å². The molecule has 2 aromatic heterocycles. The van der Waals surface area contributed by atoms with Gasteiger partial charge in [0, 0.05) is 37.3 Å². The number of amides is 2. The molecule has 4 rings (SSSR count). The van der Waals surface area contributed by atoms with E-state index in [0.717, 1.165) is 49.1 Å². The highest BCUT2D eigenvalue weighted by Gasteiger charge is 2.23. The second-order valence-electron chi connectivity index (χ2n) is 9.77. The predicted molar refractivity (Wildman–Crippen MR) is 143 cm³/mol. The van der Waals surface area contributed by atoms with Gasteiger partial charge in [-0.1, -0.05) is 12.1 Å². The number of hydrogen-bond donors (Lipinski definition) is 2. The van der Waals surface area contributed by atoms with Crippen molar-refractivity contribution in [2.24, 2.45) is 5.92 Å². The van der Waals surface area contributed by atoms with Crippen molar-refractivity contribution >= 4 is 17.8 Å². The van der Waals surface area contributed by atoms with E-state index in [4.69, 9.17) is 9.47 Å². The third-order valence-corrected chi connectivity index (χ3v) is 6.63. The first-order valence-corrected chi connectivity index (χ1v) is 13.0. The number of nitrogens with zero attached hydrogens (tertiary/aromatic N) is 4. The topological polar surface area (TPSA) is 137 Å². The van der Waals surface area contributed by atoms with Crippen molar-refractivity contribution in [3.63, 3.8) is 0 Å². The Balaban J connectivity index is 1.31. The predicted octanol–water partition coefficient (Wildman–Crippen LogP) is 2.83. The first kappa shape index (κ1) is 27.7. The molecule has 0 bridgehead atoms. The molecule has 3 aromatic rings. The maximum absolute atomic E-state index is 12.8. The van der Waals surface area contributed by atoms with Crippen LogP contribution in [-0.4, -0.2) is 57.3 Å². The first-order chi connectivity index (χ1) is 18.8. The minimum absolute atomic E-state index is 0.0869. The highest BCUT2D eigenvalue weighted by atomic mass is 16.5. The van der Waals surface area contributed by atoms with Crippen LogP contribution in [0.25, 0.3) is 11.4 Å². The van der Waals surface area contributed by atoms with Crippen molar-refractivity contribution in [3.8, 4) is 17.1 Å². The molecule has 2 N–H and O–H groups in total. The molecule has 0 spiro atoms. The molecule has 2 amide bonds. The van der Waals surface area contributed by atoms with Gasteiger partial charge >= 0.3 is 5.97 Å². The summed E-state index contributed by atoms with van der Waals surface area (Å²) in [5, 5.41) is 10.5. The summed E-state index contributed by atoms with van der Waals surface area (Å²) >= 11 is 0. The summed E-state index contributed by atoms with van der Waals surface area (Å²) in [7, 11) is 1.61. The van der Waals surface area contributed by atoms with Gasteiger partial charge in [0.15, 0.2) is 12.4 Å². The highest BCUT2D eigenvalue weighted by Crippen LogP contribution is 2.26. The lowest BCUT2D eigenvalue weighted by molar-refractivity contribution is -0.146. The molecule has 11 nitrogen and oxygen atoms in total. The minimum atomic E-state index is -0.466. The fourth-order valence-corrected chi connectivity index (χ4v) is 4.67. The van der Waals surface area contributed by atoms with Gasteiger partial charge in [-0.05, 0) is 68.4 Å². The highest BCUT2D eigenvalue weighted by molar-refractivity contribution is 5.93. The number of methoxy groups -OCH3 is 1. The van der Waals surface area contributed by atoms with Crippen molar-refractivity contribution in [2.75, 3.05) is 13.7 Å². The molecule has 39 heavy (non-hydrogen) atoms. The fraction of sp³-hybridized carbons (Fsp3) is 0.429. The second-order valence-corrected chi connectivity index (χ2v) is 9.77. The molecule has 0 atom stereocenters. The van der Waals surface area contributed by atoms with Gasteiger partial charge in [-0.2, -0.15) is 5.10 Å². The zero-order valence-corrected chi connectivity index (χ0v) is 22.5. The summed E-state index contributed by atoms with van der Waals surface area (Å²) in [6.45, 7) is 3.95. The number of ether oxygens (including phenoxy) is 2. The molecule has 1 aromatic carbocycles. The van der Waals surface area contributed by atoms with Crippen molar-refractivity contribution < 1.29 is 23.9 Å².